The van der Waals surface area contributed by atoms with E-state index in [1.165, 1.54) is 19.3 Å². The molecule has 1 heterocycles. The molecule has 1 fully saturated rings. The molecule has 1 aliphatic rings. The van der Waals surface area contributed by atoms with Gasteiger partial charge in [-0.25, -0.2) is 0 Å². The van der Waals surface area contributed by atoms with E-state index in [9.17, 15) is 4.79 Å². The smallest absolute Gasteiger partial charge is 0.236 e. The Labute approximate surface area is 139 Å². The van der Waals surface area contributed by atoms with Crippen LogP contribution in [0.15, 0.2) is 30.3 Å². The lowest BCUT2D eigenvalue weighted by Crippen LogP contribution is -3.00. The second kappa shape index (κ2) is 9.70. The molecule has 4 nitrogen and oxygen atoms in total. The predicted molar refractivity (Wildman–Crippen MR) is 84.5 cm³/mol. The van der Waals surface area contributed by atoms with Crippen LogP contribution in [0.1, 0.15) is 26.2 Å². The molecule has 1 atom stereocenters. The first-order valence-corrected chi connectivity index (χ1v) is 7.82. The van der Waals surface area contributed by atoms with Gasteiger partial charge in [0.15, 0.2) is 0 Å². The summed E-state index contributed by atoms with van der Waals surface area (Å²) in [5.41, 5.74) is 0. The van der Waals surface area contributed by atoms with Gasteiger partial charge in [-0.15, -0.1) is 0 Å². The number of hydrogen-bond acceptors (Lipinski definition) is 3. The van der Waals surface area contributed by atoms with Crippen LogP contribution in [-0.4, -0.2) is 55.0 Å². The highest BCUT2D eigenvalue weighted by molar-refractivity contribution is 5.78. The topological polar surface area (TPSA) is 32.8 Å². The quantitative estimate of drug-likeness (QED) is 0.700. The van der Waals surface area contributed by atoms with Gasteiger partial charge in [0.2, 0.25) is 5.91 Å². The van der Waals surface area contributed by atoms with Crippen LogP contribution in [0.3, 0.4) is 0 Å². The van der Waals surface area contributed by atoms with Gasteiger partial charge in [-0.2, -0.15) is 0 Å². The first-order valence-electron chi connectivity index (χ1n) is 7.82. The van der Waals surface area contributed by atoms with Crippen LogP contribution >= 0.6 is 0 Å². The van der Waals surface area contributed by atoms with Crippen molar-refractivity contribution >= 4 is 5.91 Å². The molecule has 0 N–H and O–H groups in total. The van der Waals surface area contributed by atoms with E-state index in [4.69, 9.17) is 4.74 Å². The van der Waals surface area contributed by atoms with Gasteiger partial charge in [0.1, 0.15) is 12.4 Å². The number of likely N-dealkylation sites (N-methyl/N-ethyl adjacent to an activating group) is 1. The van der Waals surface area contributed by atoms with E-state index in [1.807, 2.05) is 37.4 Å². The van der Waals surface area contributed by atoms with Crippen molar-refractivity contribution < 1.29 is 21.9 Å². The third-order valence-electron chi connectivity index (χ3n) is 4.14. The molecule has 2 rings (SSSR count). The number of likely N-dealkylation sites (tertiary alicyclic amines) is 1. The van der Waals surface area contributed by atoms with Gasteiger partial charge >= 0.3 is 0 Å². The van der Waals surface area contributed by atoms with E-state index in [0.717, 1.165) is 12.3 Å². The highest BCUT2D eigenvalue weighted by Crippen LogP contribution is 2.16. The van der Waals surface area contributed by atoms with Crippen LogP contribution in [0.25, 0.3) is 0 Å². The Kier molecular flexibility index (Phi) is 8.28. The van der Waals surface area contributed by atoms with Crippen LogP contribution in [-0.2, 0) is 4.79 Å². The van der Waals surface area contributed by atoms with Crippen molar-refractivity contribution in [2.75, 3.05) is 33.3 Å². The highest BCUT2D eigenvalue weighted by atomic mass is 35.5. The summed E-state index contributed by atoms with van der Waals surface area (Å²) in [6, 6.07) is 10.2. The zero-order valence-corrected chi connectivity index (χ0v) is 14.3. The summed E-state index contributed by atoms with van der Waals surface area (Å²) < 4.78 is 5.63. The molecule has 0 spiro atoms. The first kappa shape index (κ1) is 18.8. The number of nitrogens with zero attached hydrogens (tertiary/aromatic N) is 2. The van der Waals surface area contributed by atoms with Gasteiger partial charge in [0, 0.05) is 13.1 Å². The average Bonchev–Trinajstić information content (AvgIpc) is 2.50. The molecule has 0 radical (unpaired) electrons. The van der Waals surface area contributed by atoms with Crippen molar-refractivity contribution in [3.63, 3.8) is 0 Å². The molecule has 5 heteroatoms. The Morgan fingerprint density at radius 2 is 2.05 bits per heavy atom. The van der Waals surface area contributed by atoms with Gasteiger partial charge in [-0.3, -0.25) is 9.69 Å². The Bertz CT molecular complexity index is 442. The molecule has 0 aromatic heterocycles. The van der Waals surface area contributed by atoms with Crippen LogP contribution in [0.2, 0.25) is 0 Å². The maximum Gasteiger partial charge on any atom is 0.236 e. The van der Waals surface area contributed by atoms with Gasteiger partial charge in [-0.05, 0) is 38.4 Å². The van der Waals surface area contributed by atoms with Crippen LogP contribution < -0.4 is 17.1 Å². The number of piperidine rings is 1. The number of rotatable bonds is 6. The summed E-state index contributed by atoms with van der Waals surface area (Å²) >= 11 is 0. The number of amides is 1. The molecular weight excluding hydrogens is 300 g/mol. The maximum absolute atomic E-state index is 12.2. The van der Waals surface area contributed by atoms with E-state index < -0.39 is 0 Å². The largest absolute Gasteiger partial charge is 1.00 e. The molecule has 1 unspecified atom stereocenters. The van der Waals surface area contributed by atoms with Crippen molar-refractivity contribution in [1.29, 1.82) is 0 Å². The molecule has 0 aliphatic carbocycles. The highest BCUT2D eigenvalue weighted by Gasteiger charge is 2.21. The minimum absolute atomic E-state index is 0. The van der Waals surface area contributed by atoms with Crippen LogP contribution in [0.4, 0.5) is 0 Å². The van der Waals surface area contributed by atoms with E-state index in [2.05, 4.69) is 11.8 Å². The molecule has 1 saturated heterocycles. The number of ether oxygens (including phenoxy) is 1. The average molecular weight is 326 g/mol. The Balaban J connectivity index is 0.00000242. The van der Waals surface area contributed by atoms with E-state index >= 15 is 0 Å². The SMILES string of the molecule is CC1CCCCN1CC(=O)N(C)CCOc1ccccc1.[Cl-]. The molecule has 0 saturated carbocycles. The number of benzene rings is 1. The molecular formula is C17H26ClN2O2-. The first-order chi connectivity index (χ1) is 10.2. The third kappa shape index (κ3) is 5.85. The summed E-state index contributed by atoms with van der Waals surface area (Å²) in [7, 11) is 1.85. The minimum atomic E-state index is 0. The van der Waals surface area contributed by atoms with Gasteiger partial charge in [-0.1, -0.05) is 24.6 Å². The molecule has 1 amide bonds. The Morgan fingerprint density at radius 1 is 1.32 bits per heavy atom. The fraction of sp³-hybridized carbons (Fsp3) is 0.588. The Hall–Kier alpha value is -1.26. The number of carbonyl (C=O) groups excluding carboxylic acids is 1. The molecule has 1 aromatic rings. The lowest BCUT2D eigenvalue weighted by atomic mass is 10.0. The fourth-order valence-corrected chi connectivity index (χ4v) is 2.63. The zero-order valence-electron chi connectivity index (χ0n) is 13.5. The number of hydrogen-bond donors (Lipinski definition) is 0. The van der Waals surface area contributed by atoms with Gasteiger partial charge in [0.05, 0.1) is 13.1 Å². The third-order valence-corrected chi connectivity index (χ3v) is 4.14. The summed E-state index contributed by atoms with van der Waals surface area (Å²) in [5, 5.41) is 0. The molecule has 1 aliphatic heterocycles. The van der Waals surface area contributed by atoms with Crippen LogP contribution in [0, 0.1) is 0 Å². The summed E-state index contributed by atoms with van der Waals surface area (Å²) in [6.07, 6.45) is 3.69. The molecule has 22 heavy (non-hydrogen) atoms. The van der Waals surface area contributed by atoms with Crippen molar-refractivity contribution in [3.8, 4) is 5.75 Å². The monoisotopic (exact) mass is 325 g/mol. The van der Waals surface area contributed by atoms with E-state index in [1.54, 1.807) is 4.90 Å². The van der Waals surface area contributed by atoms with Crippen molar-refractivity contribution in [2.24, 2.45) is 0 Å². The molecule has 124 valence electrons. The second-order valence-corrected chi connectivity index (χ2v) is 5.79. The number of halogens is 1. The number of carbonyl (C=O) groups is 1. The van der Waals surface area contributed by atoms with Crippen molar-refractivity contribution in [1.82, 2.24) is 9.80 Å². The summed E-state index contributed by atoms with van der Waals surface area (Å²) in [5.74, 6) is 1.03. The summed E-state index contributed by atoms with van der Waals surface area (Å²) in [4.78, 5) is 16.3. The lowest BCUT2D eigenvalue weighted by Gasteiger charge is -2.33. The maximum atomic E-state index is 12.2. The van der Waals surface area contributed by atoms with Crippen molar-refractivity contribution in [2.45, 2.75) is 32.2 Å². The van der Waals surface area contributed by atoms with Crippen LogP contribution in [0.5, 0.6) is 5.75 Å². The molecule has 0 bridgehead atoms. The number of para-hydroxylation sites is 1. The van der Waals surface area contributed by atoms with Crippen molar-refractivity contribution in [3.05, 3.63) is 30.3 Å². The standard InChI is InChI=1S/C17H26N2O2.ClH/c1-15-8-6-7-11-19(15)14-17(20)18(2)12-13-21-16-9-4-3-5-10-16;/h3-5,9-10,15H,6-8,11-14H2,1-2H3;1H/p-1. The van der Waals surface area contributed by atoms with E-state index in [-0.39, 0.29) is 18.3 Å². The fourth-order valence-electron chi connectivity index (χ4n) is 2.63. The normalized spacial score (nSPS) is 18.4. The minimum Gasteiger partial charge on any atom is -1.00 e. The second-order valence-electron chi connectivity index (χ2n) is 5.79. The zero-order chi connectivity index (χ0) is 15.1. The Morgan fingerprint density at radius 3 is 2.73 bits per heavy atom. The van der Waals surface area contributed by atoms with E-state index in [0.29, 0.717) is 25.7 Å². The predicted octanol–water partition coefficient (Wildman–Crippen LogP) is -0.598. The molecule has 1 aromatic carbocycles. The van der Waals surface area contributed by atoms with Gasteiger partial charge < -0.3 is 22.0 Å². The lowest BCUT2D eigenvalue weighted by molar-refractivity contribution is -0.132. The van der Waals surface area contributed by atoms with Gasteiger partial charge in [0.25, 0.3) is 0 Å². The summed E-state index contributed by atoms with van der Waals surface area (Å²) in [6.45, 7) is 4.94.